The third-order valence-electron chi connectivity index (χ3n) is 3.40. The summed E-state index contributed by atoms with van der Waals surface area (Å²) in [6, 6.07) is 3.38. The number of halogens is 6. The van der Waals surface area contributed by atoms with Crippen LogP contribution in [0.25, 0.3) is 0 Å². The van der Waals surface area contributed by atoms with Crippen LogP contribution in [0.4, 0.5) is 26.3 Å². The summed E-state index contributed by atoms with van der Waals surface area (Å²) in [6.07, 6.45) is -11.3. The van der Waals surface area contributed by atoms with E-state index in [4.69, 9.17) is 0 Å². The SMILES string of the molecule is CC(C#N)(CCC(=O)OCC(F)(F)F)N=NC(C)(C#N)CCC(=O)OCC(F)(F)F. The van der Waals surface area contributed by atoms with Crippen molar-refractivity contribution in [2.45, 2.75) is 63.0 Å². The van der Waals surface area contributed by atoms with Crippen molar-refractivity contribution >= 4 is 11.9 Å². The number of nitriles is 2. The predicted octanol–water partition coefficient (Wildman–Crippen LogP) is 3.77. The minimum absolute atomic E-state index is 0.376. The van der Waals surface area contributed by atoms with E-state index in [0.717, 1.165) is 0 Å². The van der Waals surface area contributed by atoms with Gasteiger partial charge >= 0.3 is 24.3 Å². The van der Waals surface area contributed by atoms with Gasteiger partial charge in [-0.25, -0.2) is 0 Å². The molecule has 14 heteroatoms. The van der Waals surface area contributed by atoms with Gasteiger partial charge < -0.3 is 9.47 Å². The van der Waals surface area contributed by atoms with Crippen molar-refractivity contribution in [2.24, 2.45) is 10.2 Å². The van der Waals surface area contributed by atoms with E-state index in [0.29, 0.717) is 0 Å². The summed E-state index contributed by atoms with van der Waals surface area (Å²) in [4.78, 5) is 22.7. The van der Waals surface area contributed by atoms with E-state index in [1.807, 2.05) is 0 Å². The first-order valence-electron chi connectivity index (χ1n) is 8.24. The lowest BCUT2D eigenvalue weighted by Gasteiger charge is -2.19. The lowest BCUT2D eigenvalue weighted by Crippen LogP contribution is -2.27. The van der Waals surface area contributed by atoms with Crippen LogP contribution < -0.4 is 0 Å². The summed E-state index contributed by atoms with van der Waals surface area (Å²) in [7, 11) is 0. The van der Waals surface area contributed by atoms with Crippen LogP contribution in [-0.4, -0.2) is 48.6 Å². The van der Waals surface area contributed by atoms with Crippen LogP contribution in [0.1, 0.15) is 39.5 Å². The van der Waals surface area contributed by atoms with E-state index in [1.54, 1.807) is 12.1 Å². The van der Waals surface area contributed by atoms with Gasteiger partial charge in [0.1, 0.15) is 0 Å². The van der Waals surface area contributed by atoms with Gasteiger partial charge in [0.25, 0.3) is 0 Å². The number of esters is 2. The summed E-state index contributed by atoms with van der Waals surface area (Å²) in [6.45, 7) is -1.17. The van der Waals surface area contributed by atoms with Crippen molar-refractivity contribution in [2.75, 3.05) is 13.2 Å². The van der Waals surface area contributed by atoms with Crippen LogP contribution in [-0.2, 0) is 19.1 Å². The topological polar surface area (TPSA) is 125 Å². The van der Waals surface area contributed by atoms with Crippen LogP contribution in [0, 0.1) is 22.7 Å². The molecular formula is C16H18F6N4O4. The third kappa shape index (κ3) is 12.5. The Hall–Kier alpha value is -2.90. The van der Waals surface area contributed by atoms with Crippen molar-refractivity contribution in [3.63, 3.8) is 0 Å². The van der Waals surface area contributed by atoms with Crippen LogP contribution >= 0.6 is 0 Å². The van der Waals surface area contributed by atoms with Crippen LogP contribution in [0.2, 0.25) is 0 Å². The second-order valence-electron chi connectivity index (χ2n) is 6.52. The van der Waals surface area contributed by atoms with Gasteiger partial charge in [-0.15, -0.1) is 0 Å². The first kappa shape index (κ1) is 27.1. The maximum absolute atomic E-state index is 12.0. The van der Waals surface area contributed by atoms with Crippen LogP contribution in [0.15, 0.2) is 10.2 Å². The van der Waals surface area contributed by atoms with E-state index in [9.17, 15) is 46.5 Å². The molecule has 0 spiro atoms. The number of carbonyl (C=O) groups is 2. The minimum Gasteiger partial charge on any atom is -0.456 e. The Morgan fingerprint density at radius 2 is 1.07 bits per heavy atom. The van der Waals surface area contributed by atoms with Gasteiger partial charge in [-0.2, -0.15) is 47.1 Å². The van der Waals surface area contributed by atoms with E-state index in [-0.39, 0.29) is 12.8 Å². The monoisotopic (exact) mass is 444 g/mol. The fourth-order valence-corrected chi connectivity index (χ4v) is 1.64. The van der Waals surface area contributed by atoms with Crippen LogP contribution in [0.3, 0.4) is 0 Å². The highest BCUT2D eigenvalue weighted by molar-refractivity contribution is 5.70. The third-order valence-corrected chi connectivity index (χ3v) is 3.40. The average molecular weight is 444 g/mol. The van der Waals surface area contributed by atoms with Crippen molar-refractivity contribution in [3.8, 4) is 12.1 Å². The lowest BCUT2D eigenvalue weighted by molar-refractivity contribution is -0.186. The number of azo groups is 1. The molecule has 0 saturated carbocycles. The number of rotatable bonds is 10. The molecule has 0 aromatic rings. The van der Waals surface area contributed by atoms with Gasteiger partial charge in [-0.3, -0.25) is 9.59 Å². The molecule has 0 aliphatic carbocycles. The molecule has 0 aliphatic heterocycles. The summed E-state index contributed by atoms with van der Waals surface area (Å²) < 4.78 is 80.0. The summed E-state index contributed by atoms with van der Waals surface area (Å²) >= 11 is 0. The quantitative estimate of drug-likeness (QED) is 0.287. The van der Waals surface area contributed by atoms with E-state index < -0.39 is 61.4 Å². The molecule has 0 heterocycles. The van der Waals surface area contributed by atoms with Crippen molar-refractivity contribution in [1.82, 2.24) is 0 Å². The largest absolute Gasteiger partial charge is 0.456 e. The fraction of sp³-hybridized carbons (Fsp3) is 0.750. The Labute approximate surface area is 167 Å². The summed E-state index contributed by atoms with van der Waals surface area (Å²) in [5.74, 6) is -2.45. The standard InChI is InChI=1S/C16H18F6N4O4/c1-13(7-23,5-3-11(27)29-9-15(17,18)19)25-26-14(2,8-24)6-4-12(28)30-10-16(20,21)22/h3-6,9-10H2,1-2H3. The molecular weight excluding hydrogens is 426 g/mol. The van der Waals surface area contributed by atoms with Crippen molar-refractivity contribution in [1.29, 1.82) is 10.5 Å². The van der Waals surface area contributed by atoms with E-state index in [2.05, 4.69) is 19.7 Å². The molecule has 168 valence electrons. The number of alkyl halides is 6. The van der Waals surface area contributed by atoms with Crippen molar-refractivity contribution < 1.29 is 45.4 Å². The molecule has 0 saturated heterocycles. The maximum atomic E-state index is 12.0. The molecule has 0 bridgehead atoms. The van der Waals surface area contributed by atoms with Gasteiger partial charge in [-0.1, -0.05) is 0 Å². The number of carbonyl (C=O) groups excluding carboxylic acids is 2. The first-order chi connectivity index (χ1) is 13.5. The minimum atomic E-state index is -4.70. The molecule has 0 N–H and O–H groups in total. The second-order valence-corrected chi connectivity index (χ2v) is 6.52. The molecule has 2 unspecified atom stereocenters. The Bertz CT molecular complexity index is 665. The Morgan fingerprint density at radius 1 is 0.767 bits per heavy atom. The van der Waals surface area contributed by atoms with Crippen molar-refractivity contribution in [3.05, 3.63) is 0 Å². The van der Waals surface area contributed by atoms with E-state index >= 15 is 0 Å². The lowest BCUT2D eigenvalue weighted by atomic mass is 9.97. The smallest absolute Gasteiger partial charge is 0.422 e. The number of hydrogen-bond donors (Lipinski definition) is 0. The molecule has 0 aromatic carbocycles. The highest BCUT2D eigenvalue weighted by Gasteiger charge is 2.33. The summed E-state index contributed by atoms with van der Waals surface area (Å²) in [5.41, 5.74) is -3.40. The number of hydrogen-bond acceptors (Lipinski definition) is 8. The van der Waals surface area contributed by atoms with Gasteiger partial charge in [-0.05, 0) is 26.7 Å². The molecule has 0 aromatic heterocycles. The molecule has 0 radical (unpaired) electrons. The predicted molar refractivity (Wildman–Crippen MR) is 85.4 cm³/mol. The number of ether oxygens (including phenoxy) is 2. The van der Waals surface area contributed by atoms with Gasteiger partial charge in [0.05, 0.1) is 12.1 Å². The maximum Gasteiger partial charge on any atom is 0.422 e. The highest BCUT2D eigenvalue weighted by Crippen LogP contribution is 2.24. The second kappa shape index (κ2) is 10.8. The average Bonchev–Trinajstić information content (AvgIpc) is 2.65. The first-order valence-corrected chi connectivity index (χ1v) is 8.24. The molecule has 2 atom stereocenters. The van der Waals surface area contributed by atoms with Gasteiger partial charge in [0, 0.05) is 12.8 Å². The fourth-order valence-electron chi connectivity index (χ4n) is 1.64. The molecule has 0 rings (SSSR count). The van der Waals surface area contributed by atoms with Gasteiger partial charge in [0.15, 0.2) is 24.3 Å². The van der Waals surface area contributed by atoms with Crippen LogP contribution in [0.5, 0.6) is 0 Å². The molecule has 0 fully saturated rings. The highest BCUT2D eigenvalue weighted by atomic mass is 19.4. The Kier molecular flexibility index (Phi) is 9.72. The van der Waals surface area contributed by atoms with E-state index in [1.165, 1.54) is 13.8 Å². The zero-order valence-electron chi connectivity index (χ0n) is 15.9. The number of nitrogens with zero attached hydrogens (tertiary/aromatic N) is 4. The Morgan fingerprint density at radius 3 is 1.30 bits per heavy atom. The molecule has 0 aliphatic rings. The zero-order chi connectivity index (χ0) is 23.6. The Balaban J connectivity index is 4.85. The van der Waals surface area contributed by atoms with Gasteiger partial charge in [0.2, 0.25) is 0 Å². The molecule has 30 heavy (non-hydrogen) atoms. The summed E-state index contributed by atoms with van der Waals surface area (Å²) in [5, 5.41) is 25.7. The zero-order valence-corrected chi connectivity index (χ0v) is 15.9. The normalized spacial score (nSPS) is 16.1. The molecule has 0 amide bonds. The molecule has 8 nitrogen and oxygen atoms in total.